The molecule has 0 spiro atoms. The second-order valence-electron chi connectivity index (χ2n) is 6.10. The summed E-state index contributed by atoms with van der Waals surface area (Å²) in [6.07, 6.45) is 0.600. The molecule has 118 valence electrons. The molecule has 0 aromatic heterocycles. The molecule has 3 N–H and O–H groups in total. The minimum absolute atomic E-state index is 0.194. The van der Waals surface area contributed by atoms with Gasteiger partial charge >= 0.3 is 0 Å². The number of nitrogens with one attached hydrogen (secondary N) is 1. The van der Waals surface area contributed by atoms with Crippen molar-refractivity contribution in [3.63, 3.8) is 0 Å². The van der Waals surface area contributed by atoms with Gasteiger partial charge in [-0.15, -0.1) is 0 Å². The number of nitrogens with zero attached hydrogens (tertiary/aromatic N) is 1. The molecule has 1 aromatic rings. The van der Waals surface area contributed by atoms with Crippen LogP contribution in [0.25, 0.3) is 0 Å². The summed E-state index contributed by atoms with van der Waals surface area (Å²) >= 11 is 0. The highest BCUT2D eigenvalue weighted by Gasteiger charge is 2.16. The number of anilines is 2. The molecule has 5 heteroatoms. The molecule has 0 saturated carbocycles. The van der Waals surface area contributed by atoms with Crippen molar-refractivity contribution in [2.24, 2.45) is 11.7 Å². The van der Waals surface area contributed by atoms with Gasteiger partial charge < -0.3 is 16.0 Å². The van der Waals surface area contributed by atoms with Crippen molar-refractivity contribution in [3.05, 3.63) is 24.0 Å². The summed E-state index contributed by atoms with van der Waals surface area (Å²) in [6, 6.07) is 4.30. The van der Waals surface area contributed by atoms with Gasteiger partial charge in [0, 0.05) is 18.8 Å². The quantitative estimate of drug-likeness (QED) is 0.848. The first-order chi connectivity index (χ1) is 9.72. The van der Waals surface area contributed by atoms with E-state index in [4.69, 9.17) is 5.73 Å². The van der Waals surface area contributed by atoms with Gasteiger partial charge in [0.25, 0.3) is 0 Å². The molecule has 1 atom stereocenters. The van der Waals surface area contributed by atoms with Gasteiger partial charge in [-0.05, 0) is 44.4 Å². The van der Waals surface area contributed by atoms with Crippen LogP contribution in [0, 0.1) is 11.7 Å². The molecule has 0 saturated heterocycles. The molecule has 0 aliphatic carbocycles. The van der Waals surface area contributed by atoms with Gasteiger partial charge in [0.2, 0.25) is 5.91 Å². The minimum Gasteiger partial charge on any atom is -0.370 e. The monoisotopic (exact) mass is 295 g/mol. The molecular formula is C16H26FN3O. The second kappa shape index (κ2) is 7.41. The standard InChI is InChI=1S/C16H26FN3O/c1-10(2)8-14(18)16(21)19-12-6-7-15(13(17)9-12)20(5)11(3)4/h6-7,9-11,14H,8,18H2,1-5H3,(H,19,21)/t14-/m0/s1. The lowest BCUT2D eigenvalue weighted by Crippen LogP contribution is -2.36. The fraction of sp³-hybridized carbons (Fsp3) is 0.562. The largest absolute Gasteiger partial charge is 0.370 e. The molecule has 21 heavy (non-hydrogen) atoms. The van der Waals surface area contributed by atoms with Crippen LogP contribution < -0.4 is 16.0 Å². The van der Waals surface area contributed by atoms with Crippen LogP contribution in [0.1, 0.15) is 34.1 Å². The number of rotatable bonds is 6. The molecule has 0 radical (unpaired) electrons. The number of hydrogen-bond acceptors (Lipinski definition) is 3. The predicted octanol–water partition coefficient (Wildman–Crippen LogP) is 2.98. The SMILES string of the molecule is CC(C)C[C@H](N)C(=O)Nc1ccc(N(C)C(C)C)c(F)c1. The van der Waals surface area contributed by atoms with E-state index in [0.29, 0.717) is 23.7 Å². The average molecular weight is 295 g/mol. The maximum atomic E-state index is 14.1. The lowest BCUT2D eigenvalue weighted by atomic mass is 10.0. The van der Waals surface area contributed by atoms with Crippen molar-refractivity contribution >= 4 is 17.3 Å². The molecule has 0 bridgehead atoms. The highest BCUT2D eigenvalue weighted by Crippen LogP contribution is 2.23. The van der Waals surface area contributed by atoms with Crippen LogP contribution in [0.2, 0.25) is 0 Å². The first kappa shape index (κ1) is 17.4. The third kappa shape index (κ3) is 5.01. The first-order valence-electron chi connectivity index (χ1n) is 7.31. The fourth-order valence-corrected chi connectivity index (χ4v) is 2.00. The van der Waals surface area contributed by atoms with Crippen LogP contribution in [0.4, 0.5) is 15.8 Å². The van der Waals surface area contributed by atoms with Crippen molar-refractivity contribution in [2.75, 3.05) is 17.3 Å². The highest BCUT2D eigenvalue weighted by atomic mass is 19.1. The zero-order valence-electron chi connectivity index (χ0n) is 13.5. The minimum atomic E-state index is -0.578. The van der Waals surface area contributed by atoms with Crippen LogP contribution in [-0.2, 0) is 4.79 Å². The number of amides is 1. The van der Waals surface area contributed by atoms with Crippen LogP contribution in [0.15, 0.2) is 18.2 Å². The summed E-state index contributed by atoms with van der Waals surface area (Å²) in [5, 5.41) is 2.66. The Hall–Kier alpha value is -1.62. The van der Waals surface area contributed by atoms with Gasteiger partial charge in [-0.25, -0.2) is 4.39 Å². The van der Waals surface area contributed by atoms with Crippen LogP contribution in [-0.4, -0.2) is 25.0 Å². The summed E-state index contributed by atoms with van der Waals surface area (Å²) in [5.74, 6) is -0.306. The zero-order chi connectivity index (χ0) is 16.2. The van der Waals surface area contributed by atoms with Gasteiger partial charge in [0.1, 0.15) is 5.82 Å². The summed E-state index contributed by atoms with van der Waals surface area (Å²) in [7, 11) is 1.83. The van der Waals surface area contributed by atoms with E-state index in [0.717, 1.165) is 0 Å². The van der Waals surface area contributed by atoms with E-state index in [1.54, 1.807) is 12.1 Å². The van der Waals surface area contributed by atoms with Gasteiger partial charge in [-0.2, -0.15) is 0 Å². The number of carbonyl (C=O) groups is 1. The molecule has 0 unspecified atom stereocenters. The molecule has 1 rings (SSSR count). The topological polar surface area (TPSA) is 58.4 Å². The fourth-order valence-electron chi connectivity index (χ4n) is 2.00. The molecule has 0 aliphatic heterocycles. The van der Waals surface area contributed by atoms with Crippen molar-refractivity contribution in [1.29, 1.82) is 0 Å². The van der Waals surface area contributed by atoms with Gasteiger partial charge in [-0.3, -0.25) is 4.79 Å². The smallest absolute Gasteiger partial charge is 0.241 e. The van der Waals surface area contributed by atoms with E-state index in [1.807, 2.05) is 39.6 Å². The Labute approximate surface area is 126 Å². The van der Waals surface area contributed by atoms with E-state index in [9.17, 15) is 9.18 Å². The molecule has 0 heterocycles. The van der Waals surface area contributed by atoms with Crippen molar-refractivity contribution in [2.45, 2.75) is 46.2 Å². The second-order valence-corrected chi connectivity index (χ2v) is 6.10. The summed E-state index contributed by atoms with van der Waals surface area (Å²) in [4.78, 5) is 13.8. The number of benzene rings is 1. The van der Waals surface area contributed by atoms with Crippen molar-refractivity contribution in [1.82, 2.24) is 0 Å². The Bertz CT molecular complexity index is 488. The van der Waals surface area contributed by atoms with E-state index >= 15 is 0 Å². The summed E-state index contributed by atoms with van der Waals surface area (Å²) in [6.45, 7) is 7.98. The van der Waals surface area contributed by atoms with Crippen molar-refractivity contribution in [3.8, 4) is 0 Å². The maximum Gasteiger partial charge on any atom is 0.241 e. The lowest BCUT2D eigenvalue weighted by molar-refractivity contribution is -0.117. The highest BCUT2D eigenvalue weighted by molar-refractivity contribution is 5.94. The number of halogens is 1. The lowest BCUT2D eigenvalue weighted by Gasteiger charge is -2.24. The molecular weight excluding hydrogens is 269 g/mol. The van der Waals surface area contributed by atoms with E-state index in [1.165, 1.54) is 6.07 Å². The third-order valence-corrected chi connectivity index (χ3v) is 3.43. The Morgan fingerprint density at radius 3 is 2.43 bits per heavy atom. The van der Waals surface area contributed by atoms with Gasteiger partial charge in [0.05, 0.1) is 11.7 Å². The first-order valence-corrected chi connectivity index (χ1v) is 7.31. The summed E-state index contributed by atoms with van der Waals surface area (Å²) < 4.78 is 14.1. The Balaban J connectivity index is 2.78. The van der Waals surface area contributed by atoms with E-state index < -0.39 is 6.04 Å². The van der Waals surface area contributed by atoms with Gasteiger partial charge in [-0.1, -0.05) is 13.8 Å². The molecule has 1 aromatic carbocycles. The molecule has 4 nitrogen and oxygen atoms in total. The van der Waals surface area contributed by atoms with Crippen LogP contribution in [0.5, 0.6) is 0 Å². The maximum absolute atomic E-state index is 14.1. The number of hydrogen-bond donors (Lipinski definition) is 2. The van der Waals surface area contributed by atoms with Crippen molar-refractivity contribution < 1.29 is 9.18 Å². The average Bonchev–Trinajstić information content (AvgIpc) is 2.37. The Morgan fingerprint density at radius 1 is 1.33 bits per heavy atom. The summed E-state index contributed by atoms with van der Waals surface area (Å²) in [5.41, 5.74) is 6.74. The number of nitrogens with two attached hydrogens (primary N) is 1. The van der Waals surface area contributed by atoms with Crippen LogP contribution >= 0.6 is 0 Å². The normalized spacial score (nSPS) is 12.6. The Morgan fingerprint density at radius 2 is 1.95 bits per heavy atom. The molecule has 0 fully saturated rings. The van der Waals surface area contributed by atoms with E-state index in [2.05, 4.69) is 5.32 Å². The predicted molar refractivity (Wildman–Crippen MR) is 86.0 cm³/mol. The van der Waals surface area contributed by atoms with E-state index in [-0.39, 0.29) is 17.8 Å². The Kier molecular flexibility index (Phi) is 6.15. The zero-order valence-corrected chi connectivity index (χ0v) is 13.5. The van der Waals surface area contributed by atoms with Crippen LogP contribution in [0.3, 0.4) is 0 Å². The molecule has 1 amide bonds. The van der Waals surface area contributed by atoms with Gasteiger partial charge in [0.15, 0.2) is 0 Å². The molecule has 0 aliphatic rings. The number of carbonyl (C=O) groups excluding carboxylic acids is 1. The third-order valence-electron chi connectivity index (χ3n) is 3.43.